The number of benzene rings is 2. The second-order valence-corrected chi connectivity index (χ2v) is 6.63. The molecule has 1 fully saturated rings. The molecule has 5 nitrogen and oxygen atoms in total. The van der Waals surface area contributed by atoms with Crippen molar-refractivity contribution in [2.24, 2.45) is 4.99 Å². The number of rotatable bonds is 4. The molecule has 0 unspecified atom stereocenters. The van der Waals surface area contributed by atoms with Crippen LogP contribution in [0.3, 0.4) is 0 Å². The van der Waals surface area contributed by atoms with Crippen molar-refractivity contribution in [2.75, 3.05) is 32.8 Å². The Morgan fingerprint density at radius 1 is 0.963 bits per heavy atom. The number of nitrogens with one attached hydrogen (secondary N) is 1. The van der Waals surface area contributed by atoms with Gasteiger partial charge in [0.1, 0.15) is 17.5 Å². The van der Waals surface area contributed by atoms with Crippen molar-refractivity contribution >= 4 is 11.7 Å². The SMILES string of the molecule is O=C1NC(CN2CCOCC2)=NC1(c1ccc(F)cc1)c1ccc(F)cc1. The molecule has 4 rings (SSSR count). The quantitative estimate of drug-likeness (QED) is 0.895. The lowest BCUT2D eigenvalue weighted by atomic mass is 9.83. The van der Waals surface area contributed by atoms with Crippen LogP contribution in [0, 0.1) is 11.6 Å². The first-order valence-corrected chi connectivity index (χ1v) is 8.80. The van der Waals surface area contributed by atoms with Gasteiger partial charge >= 0.3 is 0 Å². The van der Waals surface area contributed by atoms with E-state index in [1.54, 1.807) is 24.3 Å². The summed E-state index contributed by atoms with van der Waals surface area (Å²) in [7, 11) is 0. The molecule has 2 aromatic rings. The summed E-state index contributed by atoms with van der Waals surface area (Å²) in [5.74, 6) is -0.590. The molecular weight excluding hydrogens is 352 g/mol. The van der Waals surface area contributed by atoms with Gasteiger partial charge in [0.15, 0.2) is 5.54 Å². The van der Waals surface area contributed by atoms with Crippen LogP contribution in [0.5, 0.6) is 0 Å². The normalized spacial score (nSPS) is 19.6. The molecule has 2 aliphatic rings. The number of morpholine rings is 1. The molecule has 140 valence electrons. The van der Waals surface area contributed by atoms with Crippen molar-refractivity contribution in [3.63, 3.8) is 0 Å². The fourth-order valence-electron chi connectivity index (χ4n) is 3.49. The number of carbonyl (C=O) groups excluding carboxylic acids is 1. The number of hydrogen-bond donors (Lipinski definition) is 1. The van der Waals surface area contributed by atoms with Crippen LogP contribution in [0.4, 0.5) is 8.78 Å². The molecule has 0 aliphatic carbocycles. The van der Waals surface area contributed by atoms with Crippen molar-refractivity contribution < 1.29 is 18.3 Å². The van der Waals surface area contributed by atoms with Crippen molar-refractivity contribution in [3.05, 3.63) is 71.3 Å². The minimum atomic E-state index is -1.36. The molecule has 0 aromatic heterocycles. The highest BCUT2D eigenvalue weighted by atomic mass is 19.1. The lowest BCUT2D eigenvalue weighted by Crippen LogP contribution is -2.43. The van der Waals surface area contributed by atoms with Crippen LogP contribution in [-0.2, 0) is 15.1 Å². The van der Waals surface area contributed by atoms with E-state index >= 15 is 0 Å². The number of ether oxygens (including phenoxy) is 1. The van der Waals surface area contributed by atoms with E-state index in [1.807, 2.05) is 0 Å². The number of carbonyl (C=O) groups is 1. The first kappa shape index (κ1) is 17.8. The van der Waals surface area contributed by atoms with Crippen LogP contribution in [0.1, 0.15) is 11.1 Å². The summed E-state index contributed by atoms with van der Waals surface area (Å²) < 4.78 is 32.2. The molecule has 1 N–H and O–H groups in total. The maximum absolute atomic E-state index is 13.4. The Hall–Kier alpha value is -2.64. The van der Waals surface area contributed by atoms with E-state index in [2.05, 4.69) is 10.2 Å². The fourth-order valence-corrected chi connectivity index (χ4v) is 3.49. The maximum atomic E-state index is 13.4. The van der Waals surface area contributed by atoms with Gasteiger partial charge in [-0.2, -0.15) is 0 Å². The molecule has 0 saturated carbocycles. The molecule has 0 spiro atoms. The predicted octanol–water partition coefficient (Wildman–Crippen LogP) is 2.07. The Labute approximate surface area is 155 Å². The summed E-state index contributed by atoms with van der Waals surface area (Å²) in [5, 5.41) is 2.86. The lowest BCUT2D eigenvalue weighted by Gasteiger charge is -2.26. The summed E-state index contributed by atoms with van der Waals surface area (Å²) in [4.78, 5) is 19.9. The molecule has 0 atom stereocenters. The standard InChI is InChI=1S/C20H19F2N3O2/c21-16-5-1-14(2-6-16)20(15-3-7-17(22)8-4-15)19(26)23-18(24-20)13-25-9-11-27-12-10-25/h1-8H,9-13H2,(H,23,24,26). The fraction of sp³-hybridized carbons (Fsp3) is 0.300. The monoisotopic (exact) mass is 371 g/mol. The van der Waals surface area contributed by atoms with Gasteiger partial charge < -0.3 is 10.1 Å². The highest BCUT2D eigenvalue weighted by Crippen LogP contribution is 2.37. The average Bonchev–Trinajstić information content (AvgIpc) is 3.00. The van der Waals surface area contributed by atoms with Crippen LogP contribution in [0.25, 0.3) is 0 Å². The third kappa shape index (κ3) is 3.36. The molecule has 7 heteroatoms. The van der Waals surface area contributed by atoms with Crippen LogP contribution in [0.15, 0.2) is 53.5 Å². The molecule has 27 heavy (non-hydrogen) atoms. The molecular formula is C20H19F2N3O2. The van der Waals surface area contributed by atoms with Crippen LogP contribution >= 0.6 is 0 Å². The smallest absolute Gasteiger partial charge is 0.262 e. The first-order valence-electron chi connectivity index (χ1n) is 8.80. The Bertz CT molecular complexity index is 814. The zero-order valence-corrected chi connectivity index (χ0v) is 14.6. The Balaban J connectivity index is 1.76. The first-order chi connectivity index (χ1) is 13.1. The molecule has 2 aromatic carbocycles. The summed E-state index contributed by atoms with van der Waals surface area (Å²) >= 11 is 0. The third-order valence-electron chi connectivity index (χ3n) is 4.89. The maximum Gasteiger partial charge on any atom is 0.262 e. The van der Waals surface area contributed by atoms with Gasteiger partial charge in [0.2, 0.25) is 0 Å². The molecule has 2 aliphatic heterocycles. The van der Waals surface area contributed by atoms with Crippen molar-refractivity contribution in [3.8, 4) is 0 Å². The van der Waals surface area contributed by atoms with Crippen LogP contribution in [0.2, 0.25) is 0 Å². The number of halogens is 2. The largest absolute Gasteiger partial charge is 0.379 e. The van der Waals surface area contributed by atoms with Crippen LogP contribution in [-0.4, -0.2) is 49.5 Å². The van der Waals surface area contributed by atoms with Gasteiger partial charge in [-0.3, -0.25) is 9.69 Å². The third-order valence-corrected chi connectivity index (χ3v) is 4.89. The van der Waals surface area contributed by atoms with Crippen molar-refractivity contribution in [1.82, 2.24) is 10.2 Å². The van der Waals surface area contributed by atoms with Gasteiger partial charge in [0.25, 0.3) is 5.91 Å². The highest BCUT2D eigenvalue weighted by Gasteiger charge is 2.47. The summed E-state index contributed by atoms with van der Waals surface area (Å²) in [6.07, 6.45) is 0. The number of hydrogen-bond acceptors (Lipinski definition) is 4. The van der Waals surface area contributed by atoms with E-state index in [4.69, 9.17) is 9.73 Å². The Kier molecular flexibility index (Phi) is 4.72. The predicted molar refractivity (Wildman–Crippen MR) is 96.4 cm³/mol. The number of aliphatic imine (C=N–C) groups is 1. The summed E-state index contributed by atoms with van der Waals surface area (Å²) in [6.45, 7) is 3.29. The zero-order valence-electron chi connectivity index (χ0n) is 14.6. The number of amides is 1. The van der Waals surface area contributed by atoms with Crippen molar-refractivity contribution in [1.29, 1.82) is 0 Å². The second-order valence-electron chi connectivity index (χ2n) is 6.63. The van der Waals surface area contributed by atoms with E-state index in [0.29, 0.717) is 36.7 Å². The van der Waals surface area contributed by atoms with Gasteiger partial charge in [-0.25, -0.2) is 13.8 Å². The average molecular weight is 371 g/mol. The van der Waals surface area contributed by atoms with Gasteiger partial charge in [0, 0.05) is 13.1 Å². The van der Waals surface area contributed by atoms with Crippen LogP contribution < -0.4 is 5.32 Å². The van der Waals surface area contributed by atoms with E-state index in [-0.39, 0.29) is 5.91 Å². The second kappa shape index (κ2) is 7.17. The molecule has 2 heterocycles. The van der Waals surface area contributed by atoms with E-state index < -0.39 is 17.2 Å². The molecule has 1 saturated heterocycles. The van der Waals surface area contributed by atoms with Gasteiger partial charge in [-0.1, -0.05) is 24.3 Å². The van der Waals surface area contributed by atoms with Gasteiger partial charge in [0.05, 0.1) is 19.8 Å². The van der Waals surface area contributed by atoms with E-state index in [9.17, 15) is 13.6 Å². The Morgan fingerprint density at radius 3 is 2.00 bits per heavy atom. The van der Waals surface area contributed by atoms with Gasteiger partial charge in [-0.15, -0.1) is 0 Å². The molecule has 0 radical (unpaired) electrons. The van der Waals surface area contributed by atoms with Gasteiger partial charge in [-0.05, 0) is 35.4 Å². The van der Waals surface area contributed by atoms with Crippen molar-refractivity contribution in [2.45, 2.75) is 5.54 Å². The summed E-state index contributed by atoms with van der Waals surface area (Å²) in [5.41, 5.74) is -0.293. The highest BCUT2D eigenvalue weighted by molar-refractivity contribution is 6.11. The number of amidine groups is 1. The minimum absolute atomic E-state index is 0.330. The topological polar surface area (TPSA) is 53.9 Å². The summed E-state index contributed by atoms with van der Waals surface area (Å²) in [6, 6.07) is 11.3. The van der Waals surface area contributed by atoms with E-state index in [1.165, 1.54) is 24.3 Å². The zero-order chi connectivity index (χ0) is 18.9. The lowest BCUT2D eigenvalue weighted by molar-refractivity contribution is -0.122. The molecule has 0 bridgehead atoms. The van der Waals surface area contributed by atoms with E-state index in [0.717, 1.165) is 13.1 Å². The number of nitrogens with zero attached hydrogens (tertiary/aromatic N) is 2. The Morgan fingerprint density at radius 2 is 1.48 bits per heavy atom. The molecule has 1 amide bonds. The minimum Gasteiger partial charge on any atom is -0.379 e.